The molecule has 1 atom stereocenters. The third-order valence-corrected chi connectivity index (χ3v) is 4.07. The van der Waals surface area contributed by atoms with Crippen molar-refractivity contribution in [1.29, 1.82) is 0 Å². The van der Waals surface area contributed by atoms with Crippen molar-refractivity contribution in [2.24, 2.45) is 0 Å². The first kappa shape index (κ1) is 20.3. The summed E-state index contributed by atoms with van der Waals surface area (Å²) in [4.78, 5) is 24.1. The molecule has 0 fully saturated rings. The molecule has 0 radical (unpaired) electrons. The molecular formula is C21H25NO5. The number of hydrogen-bond acceptors (Lipinski definition) is 4. The average molecular weight is 371 g/mol. The van der Waals surface area contributed by atoms with Crippen LogP contribution < -0.4 is 14.8 Å². The second-order valence-corrected chi connectivity index (χ2v) is 6.12. The van der Waals surface area contributed by atoms with Crippen LogP contribution in [0, 0.1) is 0 Å². The number of unbranched alkanes of at least 4 members (excludes halogenated alkanes) is 1. The fraction of sp³-hybridized carbons (Fsp3) is 0.333. The predicted molar refractivity (Wildman–Crippen MR) is 102 cm³/mol. The van der Waals surface area contributed by atoms with E-state index in [-0.39, 0.29) is 6.42 Å². The zero-order valence-corrected chi connectivity index (χ0v) is 15.6. The maximum Gasteiger partial charge on any atom is 0.326 e. The second-order valence-electron chi connectivity index (χ2n) is 6.12. The number of rotatable bonds is 10. The average Bonchev–Trinajstić information content (AvgIpc) is 2.68. The molecule has 0 aliphatic heterocycles. The van der Waals surface area contributed by atoms with Crippen molar-refractivity contribution in [2.45, 2.75) is 32.2 Å². The quantitative estimate of drug-likeness (QED) is 0.626. The van der Waals surface area contributed by atoms with Gasteiger partial charge >= 0.3 is 5.97 Å². The van der Waals surface area contributed by atoms with Gasteiger partial charge in [-0.15, -0.1) is 0 Å². The highest BCUT2D eigenvalue weighted by Crippen LogP contribution is 2.28. The van der Waals surface area contributed by atoms with Crippen molar-refractivity contribution < 1.29 is 24.2 Å². The molecule has 0 bridgehead atoms. The lowest BCUT2D eigenvalue weighted by Gasteiger charge is -2.16. The molecule has 2 aromatic carbocycles. The molecule has 0 aromatic heterocycles. The van der Waals surface area contributed by atoms with Crippen LogP contribution in [0.1, 0.15) is 35.7 Å². The Kier molecular flexibility index (Phi) is 7.67. The lowest BCUT2D eigenvalue weighted by molar-refractivity contribution is -0.139. The predicted octanol–water partition coefficient (Wildman–Crippen LogP) is 3.30. The third kappa shape index (κ3) is 6.02. The Bertz CT molecular complexity index is 760. The van der Waals surface area contributed by atoms with Gasteiger partial charge in [-0.25, -0.2) is 4.79 Å². The molecule has 0 spiro atoms. The Morgan fingerprint density at radius 1 is 1.11 bits per heavy atom. The Hall–Kier alpha value is -3.02. The van der Waals surface area contributed by atoms with E-state index < -0.39 is 17.9 Å². The Labute approximate surface area is 159 Å². The molecule has 0 unspecified atom stereocenters. The number of methoxy groups -OCH3 is 1. The van der Waals surface area contributed by atoms with Crippen LogP contribution in [0.3, 0.4) is 0 Å². The van der Waals surface area contributed by atoms with Gasteiger partial charge in [-0.3, -0.25) is 4.79 Å². The zero-order chi connectivity index (χ0) is 19.6. The number of benzene rings is 2. The first-order valence-corrected chi connectivity index (χ1v) is 8.93. The normalized spacial score (nSPS) is 11.5. The molecule has 0 aliphatic rings. The highest BCUT2D eigenvalue weighted by Gasteiger charge is 2.22. The topological polar surface area (TPSA) is 84.9 Å². The molecule has 2 N–H and O–H groups in total. The largest absolute Gasteiger partial charge is 0.493 e. The first-order chi connectivity index (χ1) is 13.0. The summed E-state index contributed by atoms with van der Waals surface area (Å²) in [5, 5.41) is 12.0. The minimum Gasteiger partial charge on any atom is -0.493 e. The number of carboxylic acids is 1. The van der Waals surface area contributed by atoms with Crippen LogP contribution in [-0.2, 0) is 11.2 Å². The number of aliphatic carboxylic acids is 1. The fourth-order valence-electron chi connectivity index (χ4n) is 2.55. The van der Waals surface area contributed by atoms with Gasteiger partial charge in [0.2, 0.25) is 0 Å². The number of amides is 1. The second kappa shape index (κ2) is 10.2. The minimum atomic E-state index is -1.08. The van der Waals surface area contributed by atoms with Gasteiger partial charge in [0.15, 0.2) is 11.5 Å². The van der Waals surface area contributed by atoms with Crippen molar-refractivity contribution in [2.75, 3.05) is 13.7 Å². The molecule has 6 heteroatoms. The molecule has 0 saturated carbocycles. The van der Waals surface area contributed by atoms with E-state index >= 15 is 0 Å². The molecular weight excluding hydrogens is 346 g/mol. The molecule has 27 heavy (non-hydrogen) atoms. The smallest absolute Gasteiger partial charge is 0.326 e. The van der Waals surface area contributed by atoms with Crippen LogP contribution in [0.2, 0.25) is 0 Å². The third-order valence-electron chi connectivity index (χ3n) is 4.07. The van der Waals surface area contributed by atoms with Gasteiger partial charge in [0.05, 0.1) is 13.7 Å². The van der Waals surface area contributed by atoms with Crippen LogP contribution in [0.15, 0.2) is 48.5 Å². The highest BCUT2D eigenvalue weighted by molar-refractivity contribution is 5.97. The maximum atomic E-state index is 12.5. The fourth-order valence-corrected chi connectivity index (χ4v) is 2.55. The van der Waals surface area contributed by atoms with E-state index in [0.29, 0.717) is 23.7 Å². The van der Waals surface area contributed by atoms with Gasteiger partial charge in [0, 0.05) is 12.0 Å². The van der Waals surface area contributed by atoms with Gasteiger partial charge in [-0.2, -0.15) is 0 Å². The minimum absolute atomic E-state index is 0.206. The summed E-state index contributed by atoms with van der Waals surface area (Å²) in [6, 6.07) is 13.0. The van der Waals surface area contributed by atoms with Crippen LogP contribution >= 0.6 is 0 Å². The number of nitrogens with one attached hydrogen (secondary N) is 1. The van der Waals surface area contributed by atoms with E-state index in [4.69, 9.17) is 9.47 Å². The Morgan fingerprint density at radius 2 is 1.85 bits per heavy atom. The molecule has 1 amide bonds. The van der Waals surface area contributed by atoms with E-state index in [0.717, 1.165) is 18.4 Å². The summed E-state index contributed by atoms with van der Waals surface area (Å²) in [5.74, 6) is -0.564. The van der Waals surface area contributed by atoms with Gasteiger partial charge in [0.1, 0.15) is 6.04 Å². The molecule has 6 nitrogen and oxygen atoms in total. The van der Waals surface area contributed by atoms with Crippen molar-refractivity contribution in [3.05, 3.63) is 59.7 Å². The maximum absolute atomic E-state index is 12.5. The van der Waals surface area contributed by atoms with Gasteiger partial charge in [0.25, 0.3) is 5.91 Å². The summed E-state index contributed by atoms with van der Waals surface area (Å²) in [6.07, 6.45) is 2.14. The molecule has 144 valence electrons. The molecule has 2 rings (SSSR count). The van der Waals surface area contributed by atoms with E-state index in [2.05, 4.69) is 12.2 Å². The molecule has 0 aliphatic carbocycles. The zero-order valence-electron chi connectivity index (χ0n) is 15.6. The van der Waals surface area contributed by atoms with Crippen molar-refractivity contribution in [3.8, 4) is 11.5 Å². The van der Waals surface area contributed by atoms with E-state index in [1.54, 1.807) is 18.2 Å². The van der Waals surface area contributed by atoms with Crippen molar-refractivity contribution in [1.82, 2.24) is 5.32 Å². The summed E-state index contributed by atoms with van der Waals surface area (Å²) in [5.41, 5.74) is 1.15. The number of carbonyl (C=O) groups excluding carboxylic acids is 1. The van der Waals surface area contributed by atoms with Gasteiger partial charge in [-0.1, -0.05) is 43.7 Å². The van der Waals surface area contributed by atoms with E-state index in [1.165, 1.54) is 7.11 Å². The number of carboxylic acid groups (broad SMARTS) is 1. The highest BCUT2D eigenvalue weighted by atomic mass is 16.5. The summed E-state index contributed by atoms with van der Waals surface area (Å²) in [6.45, 7) is 2.64. The number of hydrogen-bond donors (Lipinski definition) is 2. The monoisotopic (exact) mass is 371 g/mol. The number of carbonyl (C=O) groups is 2. The lowest BCUT2D eigenvalue weighted by Crippen LogP contribution is -2.42. The first-order valence-electron chi connectivity index (χ1n) is 8.93. The van der Waals surface area contributed by atoms with Crippen LogP contribution in [0.4, 0.5) is 0 Å². The summed E-state index contributed by atoms with van der Waals surface area (Å²) in [7, 11) is 1.50. The summed E-state index contributed by atoms with van der Waals surface area (Å²) >= 11 is 0. The molecule has 2 aromatic rings. The Morgan fingerprint density at radius 3 is 2.48 bits per heavy atom. The standard InChI is InChI=1S/C21H25NO5/c1-3-4-12-27-18-11-10-16(14-19(18)26-2)20(23)22-17(21(24)25)13-15-8-6-5-7-9-15/h5-11,14,17H,3-4,12-13H2,1-2H3,(H,22,23)(H,24,25)/t17-/m1/s1. The molecule has 0 heterocycles. The Balaban J connectivity index is 2.09. The van der Waals surface area contributed by atoms with Crippen LogP contribution in [0.25, 0.3) is 0 Å². The van der Waals surface area contributed by atoms with E-state index in [1.807, 2.05) is 30.3 Å². The number of ether oxygens (including phenoxy) is 2. The van der Waals surface area contributed by atoms with Crippen LogP contribution in [0.5, 0.6) is 11.5 Å². The van der Waals surface area contributed by atoms with Crippen molar-refractivity contribution in [3.63, 3.8) is 0 Å². The molecule has 0 saturated heterocycles. The van der Waals surface area contributed by atoms with Crippen molar-refractivity contribution >= 4 is 11.9 Å². The van der Waals surface area contributed by atoms with E-state index in [9.17, 15) is 14.7 Å². The summed E-state index contributed by atoms with van der Waals surface area (Å²) < 4.78 is 10.9. The van der Waals surface area contributed by atoms with Gasteiger partial charge < -0.3 is 19.9 Å². The lowest BCUT2D eigenvalue weighted by atomic mass is 10.1. The van der Waals surface area contributed by atoms with Gasteiger partial charge in [-0.05, 0) is 30.2 Å². The van der Waals surface area contributed by atoms with Crippen LogP contribution in [-0.4, -0.2) is 36.7 Å². The SMILES string of the molecule is CCCCOc1ccc(C(=O)N[C@H](Cc2ccccc2)C(=O)O)cc1OC.